The minimum absolute atomic E-state index is 0.192. The standard InChI is InChI=1S/C15H14ClF3N2O4S/c16-11-3-1-10(2-4-11)14(15(17,18)19)20-26(24,25)12-5-6-13(23)21(9-12)7-8-22/h1-6,9,14,20,22H,7-8H2/t14-/m1/s1. The fourth-order valence-corrected chi connectivity index (χ4v) is 3.51. The third-order valence-electron chi connectivity index (χ3n) is 3.41. The molecule has 0 saturated carbocycles. The van der Waals surface area contributed by atoms with Crippen molar-refractivity contribution in [1.29, 1.82) is 0 Å². The molecule has 0 spiro atoms. The number of rotatable bonds is 6. The highest BCUT2D eigenvalue weighted by molar-refractivity contribution is 7.89. The van der Waals surface area contributed by atoms with Crippen molar-refractivity contribution in [2.24, 2.45) is 0 Å². The summed E-state index contributed by atoms with van der Waals surface area (Å²) in [6.07, 6.45) is -4.03. The van der Waals surface area contributed by atoms with E-state index in [4.69, 9.17) is 16.7 Å². The number of aromatic nitrogens is 1. The lowest BCUT2D eigenvalue weighted by Gasteiger charge is -2.22. The molecule has 2 aromatic rings. The van der Waals surface area contributed by atoms with Gasteiger partial charge < -0.3 is 9.67 Å². The Kier molecular flexibility index (Phi) is 6.12. The van der Waals surface area contributed by atoms with Crippen LogP contribution in [-0.2, 0) is 16.6 Å². The van der Waals surface area contributed by atoms with Crippen molar-refractivity contribution < 1.29 is 26.7 Å². The minimum Gasteiger partial charge on any atom is -0.395 e. The molecular weight excluding hydrogens is 397 g/mol. The monoisotopic (exact) mass is 410 g/mol. The van der Waals surface area contributed by atoms with Gasteiger partial charge in [-0.15, -0.1) is 0 Å². The first-order valence-electron chi connectivity index (χ1n) is 7.20. The van der Waals surface area contributed by atoms with Gasteiger partial charge in [0.05, 0.1) is 11.5 Å². The second kappa shape index (κ2) is 7.78. The zero-order valence-electron chi connectivity index (χ0n) is 13.1. The first-order chi connectivity index (χ1) is 12.0. The SMILES string of the molecule is O=c1ccc(S(=O)(=O)N[C@H](c2ccc(Cl)cc2)C(F)(F)F)cn1CCO. The topological polar surface area (TPSA) is 88.4 Å². The van der Waals surface area contributed by atoms with Crippen molar-refractivity contribution >= 4 is 21.6 Å². The molecular formula is C15H14ClF3N2O4S. The van der Waals surface area contributed by atoms with Crippen molar-refractivity contribution in [3.8, 4) is 0 Å². The van der Waals surface area contributed by atoms with Crippen molar-refractivity contribution in [1.82, 2.24) is 9.29 Å². The maximum Gasteiger partial charge on any atom is 0.408 e. The van der Waals surface area contributed by atoms with Crippen LogP contribution in [0.25, 0.3) is 0 Å². The Bertz CT molecular complexity index is 927. The Labute approximate surface area is 151 Å². The van der Waals surface area contributed by atoms with Gasteiger partial charge in [0.25, 0.3) is 5.56 Å². The minimum atomic E-state index is -4.90. The van der Waals surface area contributed by atoms with E-state index in [1.54, 1.807) is 4.72 Å². The number of nitrogens with one attached hydrogen (secondary N) is 1. The largest absolute Gasteiger partial charge is 0.408 e. The van der Waals surface area contributed by atoms with E-state index in [0.717, 1.165) is 35.0 Å². The van der Waals surface area contributed by atoms with Crippen LogP contribution >= 0.6 is 11.6 Å². The maximum absolute atomic E-state index is 13.4. The zero-order chi connectivity index (χ0) is 19.5. The molecule has 26 heavy (non-hydrogen) atoms. The molecule has 2 rings (SSSR count). The Balaban J connectivity index is 2.42. The van der Waals surface area contributed by atoms with E-state index in [1.165, 1.54) is 12.1 Å². The molecule has 0 aliphatic rings. The number of aliphatic hydroxyl groups is 1. The molecule has 0 unspecified atom stereocenters. The molecule has 0 amide bonds. The normalized spacial score (nSPS) is 13.6. The van der Waals surface area contributed by atoms with Gasteiger partial charge in [0, 0.05) is 23.8 Å². The van der Waals surface area contributed by atoms with Gasteiger partial charge in [0.1, 0.15) is 6.04 Å². The van der Waals surface area contributed by atoms with Gasteiger partial charge in [-0.25, -0.2) is 8.42 Å². The van der Waals surface area contributed by atoms with Crippen LogP contribution in [0.5, 0.6) is 0 Å². The van der Waals surface area contributed by atoms with Gasteiger partial charge in [0.2, 0.25) is 10.0 Å². The highest BCUT2D eigenvalue weighted by atomic mass is 35.5. The molecule has 1 heterocycles. The van der Waals surface area contributed by atoms with Crippen LogP contribution in [0.15, 0.2) is 52.3 Å². The number of aliphatic hydroxyl groups excluding tert-OH is 1. The van der Waals surface area contributed by atoms with Gasteiger partial charge in [-0.05, 0) is 23.8 Å². The fraction of sp³-hybridized carbons (Fsp3) is 0.267. The van der Waals surface area contributed by atoms with E-state index in [2.05, 4.69) is 0 Å². The zero-order valence-corrected chi connectivity index (χ0v) is 14.6. The van der Waals surface area contributed by atoms with Crippen LogP contribution in [-0.4, -0.2) is 30.9 Å². The van der Waals surface area contributed by atoms with Gasteiger partial charge in [0.15, 0.2) is 0 Å². The quantitative estimate of drug-likeness (QED) is 0.763. The number of benzene rings is 1. The number of halogens is 4. The van der Waals surface area contributed by atoms with Gasteiger partial charge in [-0.3, -0.25) is 4.79 Å². The van der Waals surface area contributed by atoms with Crippen LogP contribution in [0.1, 0.15) is 11.6 Å². The predicted molar refractivity (Wildman–Crippen MR) is 88.4 cm³/mol. The van der Waals surface area contributed by atoms with Gasteiger partial charge in [-0.2, -0.15) is 17.9 Å². The van der Waals surface area contributed by atoms with Gasteiger partial charge >= 0.3 is 6.18 Å². The maximum atomic E-state index is 13.4. The van der Waals surface area contributed by atoms with E-state index in [1.807, 2.05) is 0 Å². The number of nitrogens with zero attached hydrogens (tertiary/aromatic N) is 1. The summed E-state index contributed by atoms with van der Waals surface area (Å²) in [7, 11) is -4.60. The number of hydrogen-bond acceptors (Lipinski definition) is 4. The Morgan fingerprint density at radius 2 is 1.77 bits per heavy atom. The van der Waals surface area contributed by atoms with E-state index < -0.39 is 39.3 Å². The van der Waals surface area contributed by atoms with Crippen molar-refractivity contribution in [3.05, 3.63) is 63.5 Å². The summed E-state index contributed by atoms with van der Waals surface area (Å²) in [6.45, 7) is -0.630. The Hall–Kier alpha value is -1.88. The summed E-state index contributed by atoms with van der Waals surface area (Å²) in [6, 6.07) is 3.85. The number of alkyl halides is 3. The summed E-state index contributed by atoms with van der Waals surface area (Å²) >= 11 is 5.65. The Morgan fingerprint density at radius 3 is 2.31 bits per heavy atom. The summed E-state index contributed by atoms with van der Waals surface area (Å²) in [5.41, 5.74) is -0.933. The van der Waals surface area contributed by atoms with E-state index >= 15 is 0 Å². The molecule has 1 atom stereocenters. The van der Waals surface area contributed by atoms with Crippen molar-refractivity contribution in [2.45, 2.75) is 23.7 Å². The molecule has 0 radical (unpaired) electrons. The van der Waals surface area contributed by atoms with Crippen LogP contribution in [0.3, 0.4) is 0 Å². The lowest BCUT2D eigenvalue weighted by molar-refractivity contribution is -0.153. The lowest BCUT2D eigenvalue weighted by Crippen LogP contribution is -2.38. The molecule has 1 aromatic heterocycles. The molecule has 0 saturated heterocycles. The number of hydrogen-bond donors (Lipinski definition) is 2. The summed E-state index contributed by atoms with van der Waals surface area (Å²) in [4.78, 5) is 11.0. The third kappa shape index (κ3) is 4.85. The number of pyridine rings is 1. The second-order valence-electron chi connectivity index (χ2n) is 5.27. The highest BCUT2D eigenvalue weighted by Crippen LogP contribution is 2.34. The predicted octanol–water partition coefficient (Wildman–Crippen LogP) is 2.08. The highest BCUT2D eigenvalue weighted by Gasteiger charge is 2.43. The number of sulfonamides is 1. The molecule has 1 aromatic carbocycles. The fourth-order valence-electron chi connectivity index (χ4n) is 2.15. The third-order valence-corrected chi connectivity index (χ3v) is 5.07. The lowest BCUT2D eigenvalue weighted by atomic mass is 10.1. The molecule has 11 heteroatoms. The summed E-state index contributed by atoms with van der Waals surface area (Å²) < 4.78 is 67.4. The first kappa shape index (κ1) is 20.4. The smallest absolute Gasteiger partial charge is 0.395 e. The average Bonchev–Trinajstić information content (AvgIpc) is 2.55. The molecule has 6 nitrogen and oxygen atoms in total. The Morgan fingerprint density at radius 1 is 1.15 bits per heavy atom. The van der Waals surface area contributed by atoms with E-state index in [0.29, 0.717) is 0 Å². The molecule has 0 aliphatic heterocycles. The summed E-state index contributed by atoms with van der Waals surface area (Å²) in [5, 5.41) is 9.08. The van der Waals surface area contributed by atoms with E-state index in [9.17, 15) is 26.4 Å². The molecule has 142 valence electrons. The van der Waals surface area contributed by atoms with Crippen LogP contribution < -0.4 is 10.3 Å². The van der Waals surface area contributed by atoms with Gasteiger partial charge in [-0.1, -0.05) is 23.7 Å². The molecule has 2 N–H and O–H groups in total. The molecule has 0 aliphatic carbocycles. The average molecular weight is 411 g/mol. The van der Waals surface area contributed by atoms with Crippen molar-refractivity contribution in [3.63, 3.8) is 0 Å². The van der Waals surface area contributed by atoms with Crippen LogP contribution in [0.4, 0.5) is 13.2 Å². The van der Waals surface area contributed by atoms with Crippen LogP contribution in [0, 0.1) is 0 Å². The second-order valence-corrected chi connectivity index (χ2v) is 7.42. The first-order valence-corrected chi connectivity index (χ1v) is 9.06. The molecule has 0 fully saturated rings. The van der Waals surface area contributed by atoms with E-state index in [-0.39, 0.29) is 17.1 Å². The molecule has 0 bridgehead atoms. The summed E-state index contributed by atoms with van der Waals surface area (Å²) in [5.74, 6) is 0. The van der Waals surface area contributed by atoms with Crippen LogP contribution in [0.2, 0.25) is 5.02 Å². The van der Waals surface area contributed by atoms with Crippen molar-refractivity contribution in [2.75, 3.05) is 6.61 Å².